The Labute approximate surface area is 110 Å². The number of ether oxygens (including phenoxy) is 1. The minimum atomic E-state index is 0.391. The average Bonchev–Trinajstić information content (AvgIpc) is 2.46. The Morgan fingerprint density at radius 2 is 2.17 bits per heavy atom. The molecule has 100 valence electrons. The van der Waals surface area contributed by atoms with Gasteiger partial charge in [0.1, 0.15) is 0 Å². The summed E-state index contributed by atoms with van der Waals surface area (Å²) in [4.78, 5) is 2.55. The van der Waals surface area contributed by atoms with Gasteiger partial charge in [-0.15, -0.1) is 0 Å². The summed E-state index contributed by atoms with van der Waals surface area (Å²) >= 11 is 0. The van der Waals surface area contributed by atoms with Gasteiger partial charge in [0.15, 0.2) is 0 Å². The van der Waals surface area contributed by atoms with Crippen LogP contribution in [0.15, 0.2) is 30.3 Å². The highest BCUT2D eigenvalue weighted by atomic mass is 16.5. The number of benzene rings is 1. The summed E-state index contributed by atoms with van der Waals surface area (Å²) in [5.41, 5.74) is 1.39. The van der Waals surface area contributed by atoms with Crippen molar-refractivity contribution in [3.05, 3.63) is 35.9 Å². The first kappa shape index (κ1) is 13.5. The molecule has 1 aromatic carbocycles. The van der Waals surface area contributed by atoms with Gasteiger partial charge >= 0.3 is 0 Å². The summed E-state index contributed by atoms with van der Waals surface area (Å²) in [6, 6.07) is 11.2. The Balaban J connectivity index is 2.09. The largest absolute Gasteiger partial charge is 0.376 e. The molecule has 3 nitrogen and oxygen atoms in total. The molecule has 2 unspecified atom stereocenters. The van der Waals surface area contributed by atoms with Gasteiger partial charge in [0.25, 0.3) is 0 Å². The van der Waals surface area contributed by atoms with Crippen LogP contribution in [-0.2, 0) is 4.74 Å². The third-order valence-electron chi connectivity index (χ3n) is 3.65. The molecule has 2 rings (SSSR count). The van der Waals surface area contributed by atoms with E-state index in [4.69, 9.17) is 4.74 Å². The van der Waals surface area contributed by atoms with Crippen LogP contribution >= 0.6 is 0 Å². The minimum Gasteiger partial charge on any atom is -0.376 e. The van der Waals surface area contributed by atoms with E-state index in [0.29, 0.717) is 12.1 Å². The molecule has 2 atom stereocenters. The molecule has 1 heterocycles. The Kier molecular flexibility index (Phi) is 5.17. The van der Waals surface area contributed by atoms with E-state index in [1.165, 1.54) is 5.56 Å². The van der Waals surface area contributed by atoms with Gasteiger partial charge < -0.3 is 10.1 Å². The lowest BCUT2D eigenvalue weighted by Crippen LogP contribution is -2.46. The van der Waals surface area contributed by atoms with E-state index in [-0.39, 0.29) is 0 Å². The second-order valence-corrected chi connectivity index (χ2v) is 4.88. The van der Waals surface area contributed by atoms with Gasteiger partial charge in [-0.05, 0) is 19.0 Å². The van der Waals surface area contributed by atoms with Crippen LogP contribution in [0.25, 0.3) is 0 Å². The van der Waals surface area contributed by atoms with Crippen molar-refractivity contribution in [3.63, 3.8) is 0 Å². The number of hydrogen-bond acceptors (Lipinski definition) is 3. The van der Waals surface area contributed by atoms with Crippen LogP contribution in [0.4, 0.5) is 0 Å². The van der Waals surface area contributed by atoms with E-state index in [1.54, 1.807) is 0 Å². The van der Waals surface area contributed by atoms with E-state index in [1.807, 2.05) is 7.05 Å². The molecule has 0 radical (unpaired) electrons. The molecule has 0 saturated carbocycles. The quantitative estimate of drug-likeness (QED) is 0.863. The predicted molar refractivity (Wildman–Crippen MR) is 74.7 cm³/mol. The fourth-order valence-electron chi connectivity index (χ4n) is 2.60. The molecular weight excluding hydrogens is 224 g/mol. The lowest BCUT2D eigenvalue weighted by molar-refractivity contribution is -0.0445. The molecule has 0 aromatic heterocycles. The van der Waals surface area contributed by atoms with E-state index in [0.717, 1.165) is 32.7 Å². The first-order valence-electron chi connectivity index (χ1n) is 6.90. The molecule has 0 amide bonds. The van der Waals surface area contributed by atoms with Crippen LogP contribution < -0.4 is 5.32 Å². The highest BCUT2D eigenvalue weighted by molar-refractivity contribution is 5.19. The van der Waals surface area contributed by atoms with Crippen LogP contribution in [0.3, 0.4) is 0 Å². The topological polar surface area (TPSA) is 24.5 Å². The Bertz CT molecular complexity index is 342. The molecule has 1 saturated heterocycles. The molecular formula is C15H24N2O. The van der Waals surface area contributed by atoms with Gasteiger partial charge in [0.05, 0.1) is 12.7 Å². The van der Waals surface area contributed by atoms with Gasteiger partial charge in [0.2, 0.25) is 0 Å². The smallest absolute Gasteiger partial charge is 0.0700 e. The summed E-state index contributed by atoms with van der Waals surface area (Å²) in [6.45, 7) is 6.10. The molecule has 0 aliphatic carbocycles. The summed E-state index contributed by atoms with van der Waals surface area (Å²) in [6.07, 6.45) is 1.49. The Hall–Kier alpha value is -0.900. The van der Waals surface area contributed by atoms with Crippen LogP contribution in [0.2, 0.25) is 0 Å². The van der Waals surface area contributed by atoms with Crippen molar-refractivity contribution in [2.24, 2.45) is 0 Å². The number of rotatable bonds is 5. The number of hydrogen-bond donors (Lipinski definition) is 1. The zero-order chi connectivity index (χ0) is 12.8. The highest BCUT2D eigenvalue weighted by Crippen LogP contribution is 2.23. The number of nitrogens with zero attached hydrogens (tertiary/aromatic N) is 1. The molecule has 1 fully saturated rings. The second kappa shape index (κ2) is 6.88. The molecule has 18 heavy (non-hydrogen) atoms. The van der Waals surface area contributed by atoms with Crippen molar-refractivity contribution in [1.29, 1.82) is 0 Å². The third kappa shape index (κ3) is 3.31. The van der Waals surface area contributed by atoms with Gasteiger partial charge in [-0.2, -0.15) is 0 Å². The normalized spacial score (nSPS) is 22.9. The van der Waals surface area contributed by atoms with Crippen molar-refractivity contribution in [2.45, 2.75) is 25.5 Å². The zero-order valence-electron chi connectivity index (χ0n) is 11.4. The first-order chi connectivity index (χ1) is 8.85. The molecule has 0 bridgehead atoms. The number of morpholine rings is 1. The summed E-state index contributed by atoms with van der Waals surface area (Å²) < 4.78 is 5.76. The molecule has 1 N–H and O–H groups in total. The minimum absolute atomic E-state index is 0.391. The first-order valence-corrected chi connectivity index (χ1v) is 6.90. The zero-order valence-corrected chi connectivity index (χ0v) is 11.4. The summed E-state index contributed by atoms with van der Waals surface area (Å²) in [5.74, 6) is 0. The predicted octanol–water partition coefficient (Wildman–Crippen LogP) is 2.06. The molecule has 1 aromatic rings. The van der Waals surface area contributed by atoms with Gasteiger partial charge in [-0.3, -0.25) is 4.90 Å². The van der Waals surface area contributed by atoms with Crippen LogP contribution in [0, 0.1) is 0 Å². The maximum Gasteiger partial charge on any atom is 0.0700 e. The monoisotopic (exact) mass is 248 g/mol. The molecule has 0 spiro atoms. The average molecular weight is 248 g/mol. The van der Waals surface area contributed by atoms with Crippen molar-refractivity contribution in [3.8, 4) is 0 Å². The summed E-state index contributed by atoms with van der Waals surface area (Å²) in [7, 11) is 2.02. The van der Waals surface area contributed by atoms with Crippen LogP contribution in [-0.4, -0.2) is 44.3 Å². The second-order valence-electron chi connectivity index (χ2n) is 4.88. The van der Waals surface area contributed by atoms with Crippen molar-refractivity contribution >= 4 is 0 Å². The van der Waals surface area contributed by atoms with Gasteiger partial charge in [-0.25, -0.2) is 0 Å². The fourth-order valence-corrected chi connectivity index (χ4v) is 2.60. The van der Waals surface area contributed by atoms with Gasteiger partial charge in [0, 0.05) is 25.7 Å². The van der Waals surface area contributed by atoms with Crippen molar-refractivity contribution in [1.82, 2.24) is 10.2 Å². The van der Waals surface area contributed by atoms with E-state index >= 15 is 0 Å². The summed E-state index contributed by atoms with van der Waals surface area (Å²) in [5, 5.41) is 3.31. The fraction of sp³-hybridized carbons (Fsp3) is 0.600. The SMILES string of the molecule is CCC1CN(C(CNC)c2ccccc2)CCO1. The van der Waals surface area contributed by atoms with E-state index < -0.39 is 0 Å². The van der Waals surface area contributed by atoms with Crippen LogP contribution in [0.1, 0.15) is 24.9 Å². The molecule has 3 heteroatoms. The maximum absolute atomic E-state index is 5.76. The lowest BCUT2D eigenvalue weighted by Gasteiger charge is -2.38. The lowest BCUT2D eigenvalue weighted by atomic mass is 10.0. The third-order valence-corrected chi connectivity index (χ3v) is 3.65. The highest BCUT2D eigenvalue weighted by Gasteiger charge is 2.25. The molecule has 1 aliphatic heterocycles. The van der Waals surface area contributed by atoms with E-state index in [2.05, 4.69) is 47.5 Å². The Morgan fingerprint density at radius 1 is 1.39 bits per heavy atom. The van der Waals surface area contributed by atoms with Crippen molar-refractivity contribution < 1.29 is 4.74 Å². The van der Waals surface area contributed by atoms with E-state index in [9.17, 15) is 0 Å². The standard InChI is InChI=1S/C15H24N2O/c1-3-14-12-17(9-10-18-14)15(11-16-2)13-7-5-4-6-8-13/h4-8,14-16H,3,9-12H2,1-2H3. The van der Waals surface area contributed by atoms with Crippen LogP contribution in [0.5, 0.6) is 0 Å². The van der Waals surface area contributed by atoms with Gasteiger partial charge in [-0.1, -0.05) is 37.3 Å². The maximum atomic E-state index is 5.76. The number of nitrogens with one attached hydrogen (secondary N) is 1. The Morgan fingerprint density at radius 3 is 2.83 bits per heavy atom. The van der Waals surface area contributed by atoms with Crippen molar-refractivity contribution in [2.75, 3.05) is 33.3 Å². The number of likely N-dealkylation sites (N-methyl/N-ethyl adjacent to an activating group) is 1. The molecule has 1 aliphatic rings.